The van der Waals surface area contributed by atoms with Gasteiger partial charge in [-0.1, -0.05) is 0 Å². The molecule has 0 saturated carbocycles. The van der Waals surface area contributed by atoms with Crippen LogP contribution in [0.1, 0.15) is 38.3 Å². The third kappa shape index (κ3) is 4.16. The van der Waals surface area contributed by atoms with Gasteiger partial charge in [-0.05, 0) is 57.5 Å². The van der Waals surface area contributed by atoms with Gasteiger partial charge in [-0.25, -0.2) is 4.98 Å². The van der Waals surface area contributed by atoms with Crippen molar-refractivity contribution in [3.8, 4) is 17.0 Å². The topological polar surface area (TPSA) is 71.2 Å². The number of aryl methyl sites for hydroxylation is 1. The lowest BCUT2D eigenvalue weighted by molar-refractivity contribution is -0.137. The lowest BCUT2D eigenvalue weighted by Gasteiger charge is -2.32. The van der Waals surface area contributed by atoms with Crippen LogP contribution in [0.3, 0.4) is 0 Å². The van der Waals surface area contributed by atoms with Crippen molar-refractivity contribution in [2.75, 3.05) is 6.54 Å². The Labute approximate surface area is 183 Å². The summed E-state index contributed by atoms with van der Waals surface area (Å²) in [5.74, 6) is -0.208. The molecular formula is C23H25F3N4O2. The van der Waals surface area contributed by atoms with Gasteiger partial charge in [-0.2, -0.15) is 18.3 Å². The average Bonchev–Trinajstić information content (AvgIpc) is 3.22. The largest absolute Gasteiger partial charge is 0.507 e. The Kier molecular flexibility index (Phi) is 5.18. The van der Waals surface area contributed by atoms with E-state index in [-0.39, 0.29) is 28.5 Å². The van der Waals surface area contributed by atoms with Gasteiger partial charge in [0.1, 0.15) is 5.75 Å². The molecule has 170 valence electrons. The number of rotatable bonds is 3. The summed E-state index contributed by atoms with van der Waals surface area (Å²) >= 11 is 0. The second-order valence-electron chi connectivity index (χ2n) is 9.39. The molecule has 9 heteroatoms. The Morgan fingerprint density at radius 2 is 1.91 bits per heavy atom. The Morgan fingerprint density at radius 1 is 1.19 bits per heavy atom. The van der Waals surface area contributed by atoms with E-state index in [0.717, 1.165) is 11.5 Å². The molecule has 1 atom stereocenters. The summed E-state index contributed by atoms with van der Waals surface area (Å²) in [6.45, 7) is 8.77. The molecule has 32 heavy (non-hydrogen) atoms. The third-order valence-electron chi connectivity index (χ3n) is 5.77. The summed E-state index contributed by atoms with van der Waals surface area (Å²) in [7, 11) is 0. The van der Waals surface area contributed by atoms with E-state index in [9.17, 15) is 23.1 Å². The van der Waals surface area contributed by atoms with E-state index in [1.54, 1.807) is 16.8 Å². The van der Waals surface area contributed by atoms with Gasteiger partial charge in [0.2, 0.25) is 5.91 Å². The number of nitrogens with zero attached hydrogens (tertiary/aromatic N) is 4. The van der Waals surface area contributed by atoms with Gasteiger partial charge in [0.25, 0.3) is 0 Å². The molecule has 1 aliphatic heterocycles. The molecule has 1 N–H and O–H groups in total. The van der Waals surface area contributed by atoms with Gasteiger partial charge in [0.15, 0.2) is 5.65 Å². The van der Waals surface area contributed by atoms with Crippen molar-refractivity contribution >= 4 is 16.9 Å². The van der Waals surface area contributed by atoms with Crippen LogP contribution in [0.2, 0.25) is 0 Å². The summed E-state index contributed by atoms with van der Waals surface area (Å²) in [6.07, 6.45) is -2.23. The highest BCUT2D eigenvalue weighted by Crippen LogP contribution is 2.38. The summed E-state index contributed by atoms with van der Waals surface area (Å²) in [6, 6.07) is 5.14. The maximum absolute atomic E-state index is 13.0. The van der Waals surface area contributed by atoms with Gasteiger partial charge >= 0.3 is 6.18 Å². The number of alkyl halides is 3. The minimum atomic E-state index is -4.54. The Hall–Kier alpha value is -3.10. The number of aromatic hydroxyl groups is 1. The molecule has 1 fully saturated rings. The zero-order valence-corrected chi connectivity index (χ0v) is 18.4. The number of phenols is 1. The van der Waals surface area contributed by atoms with Crippen LogP contribution in [0.4, 0.5) is 13.2 Å². The molecular weight excluding hydrogens is 421 g/mol. The van der Waals surface area contributed by atoms with Crippen molar-refractivity contribution in [1.82, 2.24) is 19.7 Å². The number of hydrogen-bond donors (Lipinski definition) is 1. The fourth-order valence-electron chi connectivity index (χ4n) is 4.27. The van der Waals surface area contributed by atoms with Gasteiger partial charge in [-0.15, -0.1) is 0 Å². The molecule has 0 bridgehead atoms. The van der Waals surface area contributed by atoms with Crippen LogP contribution < -0.4 is 0 Å². The number of phenolic OH excluding ortho intramolecular Hbond substituents is 1. The first-order chi connectivity index (χ1) is 14.8. The Bertz CT molecular complexity index is 1170. The summed E-state index contributed by atoms with van der Waals surface area (Å²) in [4.78, 5) is 18.7. The zero-order valence-electron chi connectivity index (χ0n) is 18.4. The quantitative estimate of drug-likeness (QED) is 0.629. The molecule has 1 amide bonds. The second-order valence-corrected chi connectivity index (χ2v) is 9.39. The highest BCUT2D eigenvalue weighted by Gasteiger charge is 2.36. The fourth-order valence-corrected chi connectivity index (χ4v) is 4.27. The molecule has 4 rings (SSSR count). The number of benzene rings is 1. The standard InChI is InChI=1S/C23H25F3N4O2/c1-13-7-16(23(24,25)26)9-18(31)20(13)17-6-5-15-12-29(28-21(15)27-17)10-14-8-19(32)30(11-14)22(2,3)4/h5-7,9,12,14,31H,8,10-11H2,1-4H3/t14-/m0/s1. The second kappa shape index (κ2) is 7.50. The molecule has 0 aliphatic carbocycles. The molecule has 6 nitrogen and oxygen atoms in total. The number of fused-ring (bicyclic) bond motifs is 1. The minimum Gasteiger partial charge on any atom is -0.507 e. The molecule has 3 aromatic rings. The first-order valence-corrected chi connectivity index (χ1v) is 10.4. The van der Waals surface area contributed by atoms with Crippen molar-refractivity contribution in [1.29, 1.82) is 0 Å². The van der Waals surface area contributed by atoms with E-state index < -0.39 is 17.5 Å². The van der Waals surface area contributed by atoms with Gasteiger partial charge < -0.3 is 10.0 Å². The molecule has 0 unspecified atom stereocenters. The number of halogens is 3. The van der Waals surface area contributed by atoms with E-state index in [1.807, 2.05) is 31.9 Å². The Balaban J connectivity index is 1.60. The maximum Gasteiger partial charge on any atom is 0.416 e. The molecule has 0 spiro atoms. The van der Waals surface area contributed by atoms with E-state index >= 15 is 0 Å². The van der Waals surface area contributed by atoms with Crippen molar-refractivity contribution in [2.45, 2.75) is 52.4 Å². The van der Waals surface area contributed by atoms with Crippen molar-refractivity contribution < 1.29 is 23.1 Å². The number of carbonyl (C=O) groups is 1. The molecule has 1 aliphatic rings. The van der Waals surface area contributed by atoms with Crippen LogP contribution in [0.5, 0.6) is 5.75 Å². The lowest BCUT2D eigenvalue weighted by Crippen LogP contribution is -2.42. The van der Waals surface area contributed by atoms with E-state index in [2.05, 4.69) is 10.1 Å². The first kappa shape index (κ1) is 22.1. The maximum atomic E-state index is 13.0. The Morgan fingerprint density at radius 3 is 2.50 bits per heavy atom. The number of amides is 1. The number of carbonyl (C=O) groups excluding carboxylic acids is 1. The van der Waals surface area contributed by atoms with Crippen LogP contribution in [0.15, 0.2) is 30.5 Å². The minimum absolute atomic E-state index is 0.132. The van der Waals surface area contributed by atoms with Gasteiger partial charge in [0.05, 0.1) is 11.3 Å². The van der Waals surface area contributed by atoms with E-state index in [4.69, 9.17) is 0 Å². The molecule has 2 aromatic heterocycles. The van der Waals surface area contributed by atoms with Crippen LogP contribution >= 0.6 is 0 Å². The van der Waals surface area contributed by atoms with Crippen molar-refractivity contribution in [3.63, 3.8) is 0 Å². The monoisotopic (exact) mass is 446 g/mol. The fraction of sp³-hybridized carbons (Fsp3) is 0.435. The third-order valence-corrected chi connectivity index (χ3v) is 5.77. The summed E-state index contributed by atoms with van der Waals surface area (Å²) < 4.78 is 40.8. The molecule has 3 heterocycles. The zero-order chi connectivity index (χ0) is 23.4. The number of pyridine rings is 1. The predicted octanol–water partition coefficient (Wildman–Crippen LogP) is 4.78. The smallest absolute Gasteiger partial charge is 0.416 e. The summed E-state index contributed by atoms with van der Waals surface area (Å²) in [5.41, 5.74) is 0.169. The van der Waals surface area contributed by atoms with Crippen molar-refractivity contribution in [3.05, 3.63) is 41.6 Å². The number of likely N-dealkylation sites (tertiary alicyclic amines) is 1. The predicted molar refractivity (Wildman–Crippen MR) is 114 cm³/mol. The number of hydrogen-bond acceptors (Lipinski definition) is 4. The molecule has 1 saturated heterocycles. The highest BCUT2D eigenvalue weighted by molar-refractivity contribution is 5.81. The SMILES string of the molecule is Cc1cc(C(F)(F)F)cc(O)c1-c1ccc2cn(C[C@@H]3CC(=O)N(C(C)(C)C)C3)nc2n1. The van der Waals surface area contributed by atoms with Crippen LogP contribution in [-0.4, -0.2) is 42.8 Å². The first-order valence-electron chi connectivity index (χ1n) is 10.4. The normalized spacial score (nSPS) is 17.5. The summed E-state index contributed by atoms with van der Waals surface area (Å²) in [5, 5.41) is 15.5. The van der Waals surface area contributed by atoms with Crippen LogP contribution in [0, 0.1) is 12.8 Å². The van der Waals surface area contributed by atoms with E-state index in [0.29, 0.717) is 36.9 Å². The van der Waals surface area contributed by atoms with E-state index in [1.165, 1.54) is 6.92 Å². The van der Waals surface area contributed by atoms with Crippen LogP contribution in [0.25, 0.3) is 22.3 Å². The lowest BCUT2D eigenvalue weighted by atomic mass is 10.00. The van der Waals surface area contributed by atoms with Gasteiger partial charge in [-0.3, -0.25) is 9.48 Å². The highest BCUT2D eigenvalue weighted by atomic mass is 19.4. The number of aromatic nitrogens is 3. The molecule has 1 aromatic carbocycles. The average molecular weight is 446 g/mol. The molecule has 0 radical (unpaired) electrons. The van der Waals surface area contributed by atoms with Crippen LogP contribution in [-0.2, 0) is 17.5 Å². The van der Waals surface area contributed by atoms with Crippen molar-refractivity contribution in [2.24, 2.45) is 5.92 Å². The van der Waals surface area contributed by atoms with Gasteiger partial charge in [0, 0.05) is 48.1 Å².